The molecule has 10 heteroatoms. The average Bonchev–Trinajstić information content (AvgIpc) is 3.56. The van der Waals surface area contributed by atoms with Crippen molar-refractivity contribution in [3.8, 4) is 0 Å². The molecule has 9 nitrogen and oxygen atoms in total. The molecular weight excluding hydrogens is 558 g/mol. The van der Waals surface area contributed by atoms with Gasteiger partial charge in [-0.1, -0.05) is 47.0 Å². The van der Waals surface area contributed by atoms with Crippen molar-refractivity contribution in [2.45, 2.75) is 38.6 Å². The first-order valence-electron chi connectivity index (χ1n) is 13.5. The number of esters is 2. The zero-order valence-corrected chi connectivity index (χ0v) is 24.0. The molecular formula is C32H28ClN3O6. The Bertz CT molecular complexity index is 1730. The highest BCUT2D eigenvalue weighted by molar-refractivity contribution is 6.29. The normalized spacial score (nSPS) is 22.3. The number of allylic oxidation sites excluding steroid dienone is 1. The second kappa shape index (κ2) is 11.5. The number of methoxy groups -OCH3 is 1. The van der Waals surface area contributed by atoms with Crippen LogP contribution in [0.15, 0.2) is 83.5 Å². The van der Waals surface area contributed by atoms with E-state index in [1.54, 1.807) is 31.4 Å². The minimum absolute atomic E-state index is 0.0945. The standard InChI is InChI=1S/C32H28ClN3O6/c1-17-4-8-19(9-5-17)31(37)40-15-27-26(42-32(38)20-10-6-18(2)7-11-20)14-25(41-27)22-12-23-21(13-24(22)39-3)28-29(33)34-16-35-30(28)36-23/h4-13,16,22,25-27H,14-15H2,1-3H3/t22?,25-,26-,27+/m0/s1. The molecule has 214 valence electrons. The van der Waals surface area contributed by atoms with Gasteiger partial charge in [0.15, 0.2) is 5.49 Å². The summed E-state index contributed by atoms with van der Waals surface area (Å²) >= 11 is 6.36. The van der Waals surface area contributed by atoms with E-state index < -0.39 is 30.3 Å². The molecule has 42 heavy (non-hydrogen) atoms. The van der Waals surface area contributed by atoms with Crippen LogP contribution < -0.4 is 10.7 Å². The van der Waals surface area contributed by atoms with E-state index in [0.29, 0.717) is 44.9 Å². The van der Waals surface area contributed by atoms with Crippen molar-refractivity contribution in [3.63, 3.8) is 0 Å². The van der Waals surface area contributed by atoms with Gasteiger partial charge in [0, 0.05) is 12.0 Å². The Balaban J connectivity index is 1.25. The molecule has 0 radical (unpaired) electrons. The Morgan fingerprint density at radius 3 is 2.31 bits per heavy atom. The Morgan fingerprint density at radius 1 is 0.976 bits per heavy atom. The molecule has 6 rings (SSSR count). The van der Waals surface area contributed by atoms with Crippen LogP contribution in [0.2, 0.25) is 5.15 Å². The van der Waals surface area contributed by atoms with Gasteiger partial charge in [-0.3, -0.25) is 0 Å². The van der Waals surface area contributed by atoms with Gasteiger partial charge in [0.05, 0.1) is 41.2 Å². The van der Waals surface area contributed by atoms with Crippen molar-refractivity contribution >= 4 is 29.1 Å². The second-order valence-corrected chi connectivity index (χ2v) is 10.8. The van der Waals surface area contributed by atoms with Crippen molar-refractivity contribution in [1.29, 1.82) is 0 Å². The highest BCUT2D eigenvalue weighted by atomic mass is 35.5. The molecule has 0 N–H and O–H groups in total. The maximum atomic E-state index is 13.1. The van der Waals surface area contributed by atoms with Gasteiger partial charge in [-0.25, -0.2) is 24.5 Å². The van der Waals surface area contributed by atoms with E-state index in [0.717, 1.165) is 16.7 Å². The van der Waals surface area contributed by atoms with E-state index in [1.165, 1.54) is 6.33 Å². The number of benzene rings is 2. The summed E-state index contributed by atoms with van der Waals surface area (Å²) in [5, 5.41) is 0.958. The molecule has 0 spiro atoms. The zero-order valence-electron chi connectivity index (χ0n) is 23.2. The second-order valence-electron chi connectivity index (χ2n) is 10.4. The molecule has 1 saturated heterocycles. The largest absolute Gasteiger partial charge is 0.500 e. The van der Waals surface area contributed by atoms with Crippen molar-refractivity contribution < 1.29 is 28.5 Å². The number of carbonyl (C=O) groups is 2. The third-order valence-electron chi connectivity index (χ3n) is 7.58. The number of fused-ring (bicyclic) bond motifs is 2. The SMILES string of the molecule is COC1=CC2=c3c(Cl)ncnc3=NC2=CC1[C@@H]1C[C@H](OC(=O)c2ccc(C)cc2)[C@@H](COC(=O)c2ccc(C)cc2)O1. The summed E-state index contributed by atoms with van der Waals surface area (Å²) in [5.74, 6) is -0.684. The summed E-state index contributed by atoms with van der Waals surface area (Å²) in [7, 11) is 1.58. The van der Waals surface area contributed by atoms with E-state index in [1.807, 2.05) is 50.3 Å². The van der Waals surface area contributed by atoms with Crippen LogP contribution >= 0.6 is 11.6 Å². The van der Waals surface area contributed by atoms with Crippen LogP contribution in [-0.2, 0) is 18.9 Å². The van der Waals surface area contributed by atoms with Gasteiger partial charge in [0.1, 0.15) is 36.1 Å². The van der Waals surface area contributed by atoms with Gasteiger partial charge in [-0.05, 0) is 50.3 Å². The minimum atomic E-state index is -0.696. The Hall–Kier alpha value is -4.34. The zero-order chi connectivity index (χ0) is 29.4. The molecule has 1 unspecified atom stereocenters. The first kappa shape index (κ1) is 27.8. The van der Waals surface area contributed by atoms with Crippen LogP contribution in [0, 0.1) is 19.8 Å². The topological polar surface area (TPSA) is 109 Å². The van der Waals surface area contributed by atoms with Crippen molar-refractivity contribution in [2.75, 3.05) is 13.7 Å². The van der Waals surface area contributed by atoms with Gasteiger partial charge in [0.25, 0.3) is 0 Å². The molecule has 0 amide bonds. The third kappa shape index (κ3) is 5.45. The van der Waals surface area contributed by atoms with Crippen LogP contribution in [0.1, 0.15) is 38.3 Å². The van der Waals surface area contributed by atoms with Crippen LogP contribution in [0.5, 0.6) is 0 Å². The number of hydrogen-bond donors (Lipinski definition) is 0. The number of halogens is 1. The highest BCUT2D eigenvalue weighted by Gasteiger charge is 2.44. The van der Waals surface area contributed by atoms with E-state index >= 15 is 0 Å². The molecule has 2 aromatic carbocycles. The molecule has 4 atom stereocenters. The first-order chi connectivity index (χ1) is 20.3. The Kier molecular flexibility index (Phi) is 7.62. The number of aryl methyl sites for hydroxylation is 2. The number of rotatable bonds is 7. The number of aromatic nitrogens is 2. The van der Waals surface area contributed by atoms with E-state index in [4.69, 9.17) is 30.5 Å². The van der Waals surface area contributed by atoms with E-state index in [-0.39, 0.29) is 12.5 Å². The molecule has 0 bridgehead atoms. The minimum Gasteiger partial charge on any atom is -0.500 e. The summed E-state index contributed by atoms with van der Waals surface area (Å²) in [4.78, 5) is 38.8. The quantitative estimate of drug-likeness (QED) is 0.304. The van der Waals surface area contributed by atoms with Crippen molar-refractivity contribution in [1.82, 2.24) is 9.97 Å². The molecule has 3 heterocycles. The number of carbonyl (C=O) groups excluding carboxylic acids is 2. The predicted octanol–water partition coefficient (Wildman–Crippen LogP) is 3.81. The Labute approximate surface area is 247 Å². The fraction of sp³-hybridized carbons (Fsp3) is 0.281. The Morgan fingerprint density at radius 2 is 1.64 bits per heavy atom. The van der Waals surface area contributed by atoms with Gasteiger partial charge in [-0.15, -0.1) is 0 Å². The highest BCUT2D eigenvalue weighted by Crippen LogP contribution is 2.38. The summed E-state index contributed by atoms with van der Waals surface area (Å²) in [6, 6.07) is 14.3. The molecule has 3 aromatic rings. The molecule has 2 aliphatic heterocycles. The molecule has 0 saturated carbocycles. The lowest BCUT2D eigenvalue weighted by molar-refractivity contribution is -0.0492. The van der Waals surface area contributed by atoms with Crippen LogP contribution in [0.3, 0.4) is 0 Å². The maximum absolute atomic E-state index is 13.1. The fourth-order valence-electron chi connectivity index (χ4n) is 5.30. The number of ether oxygens (including phenoxy) is 4. The van der Waals surface area contributed by atoms with E-state index in [2.05, 4.69) is 15.0 Å². The molecule has 1 fully saturated rings. The van der Waals surface area contributed by atoms with Gasteiger partial charge in [0.2, 0.25) is 0 Å². The fourth-order valence-corrected chi connectivity index (χ4v) is 5.53. The predicted molar refractivity (Wildman–Crippen MR) is 153 cm³/mol. The van der Waals surface area contributed by atoms with Gasteiger partial charge < -0.3 is 18.9 Å². The first-order valence-corrected chi connectivity index (χ1v) is 13.9. The monoisotopic (exact) mass is 585 g/mol. The summed E-state index contributed by atoms with van der Waals surface area (Å²) in [6.07, 6.45) is 3.71. The number of nitrogens with zero attached hydrogens (tertiary/aromatic N) is 3. The third-order valence-corrected chi connectivity index (χ3v) is 7.87. The lowest BCUT2D eigenvalue weighted by Crippen LogP contribution is -2.32. The van der Waals surface area contributed by atoms with Crippen LogP contribution in [-0.4, -0.2) is 53.9 Å². The maximum Gasteiger partial charge on any atom is 0.338 e. The van der Waals surface area contributed by atoms with Gasteiger partial charge in [-0.2, -0.15) is 0 Å². The molecule has 1 aromatic heterocycles. The van der Waals surface area contributed by atoms with Crippen molar-refractivity contribution in [2.24, 2.45) is 10.9 Å². The lowest BCUT2D eigenvalue weighted by Gasteiger charge is -2.26. The van der Waals surface area contributed by atoms with Gasteiger partial charge >= 0.3 is 11.9 Å². The summed E-state index contributed by atoms with van der Waals surface area (Å²) < 4.78 is 23.8. The molecule has 1 aliphatic carbocycles. The molecule has 3 aliphatic rings. The van der Waals surface area contributed by atoms with Crippen molar-refractivity contribution in [3.05, 3.63) is 117 Å². The summed E-state index contributed by atoms with van der Waals surface area (Å²) in [5.41, 5.74) is 4.86. The average molecular weight is 586 g/mol. The van der Waals surface area contributed by atoms with E-state index in [9.17, 15) is 9.59 Å². The number of hydrogen-bond acceptors (Lipinski definition) is 9. The summed E-state index contributed by atoms with van der Waals surface area (Å²) in [6.45, 7) is 3.79. The lowest BCUT2D eigenvalue weighted by atomic mass is 9.89. The van der Waals surface area contributed by atoms with Crippen LogP contribution in [0.4, 0.5) is 0 Å². The van der Waals surface area contributed by atoms with Crippen LogP contribution in [0.25, 0.3) is 5.57 Å². The smallest absolute Gasteiger partial charge is 0.338 e.